The quantitative estimate of drug-likeness (QED) is 0.624. The number of hydrogen-bond acceptors (Lipinski definition) is 4. The molecule has 2 aliphatic rings. The van der Waals surface area contributed by atoms with Gasteiger partial charge in [-0.25, -0.2) is 9.48 Å². The fraction of sp³-hybridized carbons (Fsp3) is 0.304. The Labute approximate surface area is 174 Å². The number of methoxy groups -OCH3 is 1. The van der Waals surface area contributed by atoms with Crippen molar-refractivity contribution in [2.75, 3.05) is 12.4 Å². The Bertz CT molecular complexity index is 1110. The SMILES string of the molecule is COc1nn(-c2ccccc2)c(NC(=O)NC2C[C@@]23c2ccccc2C[C@H]3O)c1C. The Hall–Kier alpha value is -3.32. The van der Waals surface area contributed by atoms with E-state index in [4.69, 9.17) is 4.74 Å². The van der Waals surface area contributed by atoms with Gasteiger partial charge in [-0.3, -0.25) is 5.32 Å². The standard InChI is InChI=1S/C23H24N4O3/c1-14-20(27(26-21(14)30-2)16-9-4-3-5-10-16)25-22(29)24-18-13-23(18)17-11-7-6-8-15(17)12-19(23)28/h3-11,18-19,28H,12-13H2,1-2H3,(H2,24,25,29)/t18?,19-,23-/m1/s1. The Balaban J connectivity index is 1.37. The number of aromatic nitrogens is 2. The first kappa shape index (κ1) is 18.7. The number of carbonyl (C=O) groups is 1. The number of aliphatic hydroxyl groups is 1. The number of anilines is 1. The number of hydrogen-bond donors (Lipinski definition) is 3. The van der Waals surface area contributed by atoms with E-state index in [1.807, 2.05) is 49.4 Å². The van der Waals surface area contributed by atoms with Crippen LogP contribution < -0.4 is 15.4 Å². The fourth-order valence-corrected chi connectivity index (χ4v) is 4.72. The molecular formula is C23H24N4O3. The second-order valence-corrected chi connectivity index (χ2v) is 8.00. The van der Waals surface area contributed by atoms with Crippen LogP contribution in [0.25, 0.3) is 5.69 Å². The second-order valence-electron chi connectivity index (χ2n) is 8.00. The van der Waals surface area contributed by atoms with Crippen molar-refractivity contribution >= 4 is 11.8 Å². The van der Waals surface area contributed by atoms with Crippen molar-refractivity contribution in [1.82, 2.24) is 15.1 Å². The van der Waals surface area contributed by atoms with Gasteiger partial charge in [0.25, 0.3) is 0 Å². The van der Waals surface area contributed by atoms with Gasteiger partial charge >= 0.3 is 6.03 Å². The predicted octanol–water partition coefficient (Wildman–Crippen LogP) is 2.94. The van der Waals surface area contributed by atoms with Crippen molar-refractivity contribution < 1.29 is 14.6 Å². The highest BCUT2D eigenvalue weighted by atomic mass is 16.5. The van der Waals surface area contributed by atoms with Gasteiger partial charge < -0.3 is 15.2 Å². The van der Waals surface area contributed by atoms with Gasteiger partial charge in [0.2, 0.25) is 5.88 Å². The average Bonchev–Trinajstić information content (AvgIpc) is 3.29. The van der Waals surface area contributed by atoms with Gasteiger partial charge in [0.1, 0.15) is 5.82 Å². The molecule has 2 aromatic carbocycles. The zero-order valence-corrected chi connectivity index (χ0v) is 16.9. The number of amides is 2. The first-order chi connectivity index (χ1) is 14.5. The fourth-order valence-electron chi connectivity index (χ4n) is 4.72. The van der Waals surface area contributed by atoms with Crippen LogP contribution in [0.4, 0.5) is 10.6 Å². The molecule has 1 heterocycles. The van der Waals surface area contributed by atoms with E-state index in [9.17, 15) is 9.90 Å². The van der Waals surface area contributed by atoms with Crippen molar-refractivity contribution in [2.24, 2.45) is 0 Å². The maximum absolute atomic E-state index is 12.9. The minimum absolute atomic E-state index is 0.105. The molecule has 1 saturated carbocycles. The first-order valence-electron chi connectivity index (χ1n) is 10.1. The van der Waals surface area contributed by atoms with Crippen LogP contribution in [-0.4, -0.2) is 40.2 Å². The highest BCUT2D eigenvalue weighted by Gasteiger charge is 2.64. The van der Waals surface area contributed by atoms with E-state index in [0.717, 1.165) is 28.8 Å². The van der Waals surface area contributed by atoms with Gasteiger partial charge in [0.15, 0.2) is 0 Å². The number of nitrogens with one attached hydrogen (secondary N) is 2. The number of rotatable bonds is 4. The number of benzene rings is 2. The lowest BCUT2D eigenvalue weighted by atomic mass is 9.95. The molecule has 154 valence electrons. The van der Waals surface area contributed by atoms with E-state index in [1.165, 1.54) is 0 Å². The summed E-state index contributed by atoms with van der Waals surface area (Å²) < 4.78 is 7.02. The Kier molecular flexibility index (Phi) is 4.29. The van der Waals surface area contributed by atoms with E-state index in [2.05, 4.69) is 27.9 Å². The molecule has 0 saturated heterocycles. The minimum Gasteiger partial charge on any atom is -0.480 e. The molecule has 0 aliphatic heterocycles. The molecule has 30 heavy (non-hydrogen) atoms. The second kappa shape index (κ2) is 6.88. The number of aliphatic hydroxyl groups excluding tert-OH is 1. The normalized spacial score (nSPS) is 23.8. The third kappa shape index (κ3) is 2.77. The van der Waals surface area contributed by atoms with Crippen LogP contribution in [0.3, 0.4) is 0 Å². The molecule has 7 nitrogen and oxygen atoms in total. The minimum atomic E-state index is -0.475. The van der Waals surface area contributed by atoms with Crippen LogP contribution in [0.15, 0.2) is 54.6 Å². The summed E-state index contributed by atoms with van der Waals surface area (Å²) in [5.74, 6) is 1.01. The third-order valence-electron chi connectivity index (χ3n) is 6.34. The number of para-hydroxylation sites is 1. The zero-order valence-electron chi connectivity index (χ0n) is 16.9. The maximum atomic E-state index is 12.9. The smallest absolute Gasteiger partial charge is 0.320 e. The Morgan fingerprint density at radius 2 is 1.93 bits per heavy atom. The molecule has 1 fully saturated rings. The molecule has 1 spiro atoms. The molecule has 1 aromatic heterocycles. The van der Waals surface area contributed by atoms with Crippen molar-refractivity contribution in [3.8, 4) is 11.6 Å². The summed E-state index contributed by atoms with van der Waals surface area (Å²) >= 11 is 0. The topological polar surface area (TPSA) is 88.4 Å². The van der Waals surface area contributed by atoms with Crippen molar-refractivity contribution in [1.29, 1.82) is 0 Å². The summed E-state index contributed by atoms with van der Waals surface area (Å²) in [7, 11) is 1.56. The summed E-state index contributed by atoms with van der Waals surface area (Å²) in [5.41, 5.74) is 3.50. The molecule has 1 unspecified atom stereocenters. The summed E-state index contributed by atoms with van der Waals surface area (Å²) in [6, 6.07) is 17.2. The zero-order chi connectivity index (χ0) is 20.9. The summed E-state index contributed by atoms with van der Waals surface area (Å²) in [4.78, 5) is 12.9. The van der Waals surface area contributed by atoms with Crippen LogP contribution >= 0.6 is 0 Å². The van der Waals surface area contributed by atoms with Gasteiger partial charge in [-0.2, -0.15) is 0 Å². The van der Waals surface area contributed by atoms with E-state index in [1.54, 1.807) is 11.8 Å². The molecule has 2 amide bonds. The number of fused-ring (bicyclic) bond motifs is 2. The summed E-state index contributed by atoms with van der Waals surface area (Å²) in [6.45, 7) is 1.86. The van der Waals surface area contributed by atoms with Crippen LogP contribution in [0, 0.1) is 6.92 Å². The van der Waals surface area contributed by atoms with Gasteiger partial charge in [0.05, 0.1) is 24.5 Å². The summed E-state index contributed by atoms with van der Waals surface area (Å²) in [5, 5.41) is 21.1. The molecule has 3 N–H and O–H groups in total. The number of ether oxygens (including phenoxy) is 1. The maximum Gasteiger partial charge on any atom is 0.320 e. The molecule has 2 aliphatic carbocycles. The van der Waals surface area contributed by atoms with E-state index in [0.29, 0.717) is 18.1 Å². The van der Waals surface area contributed by atoms with Crippen molar-refractivity contribution in [3.05, 3.63) is 71.3 Å². The molecule has 0 radical (unpaired) electrons. The van der Waals surface area contributed by atoms with E-state index in [-0.39, 0.29) is 17.5 Å². The predicted molar refractivity (Wildman–Crippen MR) is 113 cm³/mol. The van der Waals surface area contributed by atoms with Crippen LogP contribution in [0.5, 0.6) is 5.88 Å². The van der Waals surface area contributed by atoms with Gasteiger partial charge in [-0.15, -0.1) is 5.10 Å². The van der Waals surface area contributed by atoms with Crippen LogP contribution in [0.1, 0.15) is 23.1 Å². The lowest BCUT2D eigenvalue weighted by Crippen LogP contribution is -2.38. The molecule has 3 atom stereocenters. The van der Waals surface area contributed by atoms with Gasteiger partial charge in [-0.05, 0) is 43.0 Å². The Morgan fingerprint density at radius 1 is 1.20 bits per heavy atom. The Morgan fingerprint density at radius 3 is 2.70 bits per heavy atom. The van der Waals surface area contributed by atoms with Crippen LogP contribution in [-0.2, 0) is 11.8 Å². The lowest BCUT2D eigenvalue weighted by molar-refractivity contribution is 0.141. The molecule has 3 aromatic rings. The van der Waals surface area contributed by atoms with Gasteiger partial charge in [0, 0.05) is 11.5 Å². The molecular weight excluding hydrogens is 380 g/mol. The molecule has 7 heteroatoms. The summed E-state index contributed by atoms with van der Waals surface area (Å²) in [6.07, 6.45) is 0.892. The van der Waals surface area contributed by atoms with Crippen molar-refractivity contribution in [3.63, 3.8) is 0 Å². The molecule has 0 bridgehead atoms. The monoisotopic (exact) mass is 404 g/mol. The average molecular weight is 404 g/mol. The number of nitrogens with zero attached hydrogens (tertiary/aromatic N) is 2. The number of urea groups is 1. The molecule has 5 rings (SSSR count). The van der Waals surface area contributed by atoms with E-state index < -0.39 is 6.10 Å². The number of carbonyl (C=O) groups excluding carboxylic acids is 1. The van der Waals surface area contributed by atoms with Crippen molar-refractivity contribution in [2.45, 2.75) is 37.3 Å². The highest BCUT2D eigenvalue weighted by Crippen LogP contribution is 2.56. The lowest BCUT2D eigenvalue weighted by Gasteiger charge is -2.17. The largest absolute Gasteiger partial charge is 0.480 e. The van der Waals surface area contributed by atoms with E-state index >= 15 is 0 Å². The highest BCUT2D eigenvalue weighted by molar-refractivity contribution is 5.90. The van der Waals surface area contributed by atoms with Gasteiger partial charge in [-0.1, -0.05) is 42.5 Å². The third-order valence-corrected chi connectivity index (χ3v) is 6.34. The first-order valence-corrected chi connectivity index (χ1v) is 10.1. The van der Waals surface area contributed by atoms with Crippen LogP contribution in [0.2, 0.25) is 0 Å².